The van der Waals surface area contributed by atoms with Crippen molar-refractivity contribution < 1.29 is 0 Å². The average Bonchev–Trinajstić information content (AvgIpc) is 3.12. The second-order valence-electron chi connectivity index (χ2n) is 6.11. The zero-order chi connectivity index (χ0) is 11.8. The molecule has 0 bridgehead atoms. The zero-order valence-electron chi connectivity index (χ0n) is 11.1. The Bertz CT molecular complexity index is 404. The van der Waals surface area contributed by atoms with Crippen molar-refractivity contribution in [3.05, 3.63) is 34.9 Å². The minimum absolute atomic E-state index is 0.657. The Kier molecular flexibility index (Phi) is 2.96. The second kappa shape index (κ2) is 4.45. The highest BCUT2D eigenvalue weighted by atomic mass is 15.1. The summed E-state index contributed by atoms with van der Waals surface area (Å²) < 4.78 is 0. The summed E-state index contributed by atoms with van der Waals surface area (Å²) in [5.74, 6) is 1.68. The molecule has 0 radical (unpaired) electrons. The van der Waals surface area contributed by atoms with Gasteiger partial charge in [0.05, 0.1) is 0 Å². The molecule has 0 spiro atoms. The summed E-state index contributed by atoms with van der Waals surface area (Å²) in [6, 6.07) is 7.13. The van der Waals surface area contributed by atoms with E-state index in [0.717, 1.165) is 5.92 Å². The molecule has 1 aromatic rings. The van der Waals surface area contributed by atoms with Crippen LogP contribution < -0.4 is 0 Å². The fourth-order valence-corrected chi connectivity index (χ4v) is 2.81. The molecule has 3 rings (SSSR count). The first-order chi connectivity index (χ1) is 8.22. The molecular weight excluding hydrogens is 206 g/mol. The lowest BCUT2D eigenvalue weighted by Gasteiger charge is -2.29. The van der Waals surface area contributed by atoms with Gasteiger partial charge in [0.25, 0.3) is 0 Å². The van der Waals surface area contributed by atoms with Crippen molar-refractivity contribution >= 4 is 0 Å². The Morgan fingerprint density at radius 2 is 2.06 bits per heavy atom. The second-order valence-corrected chi connectivity index (χ2v) is 6.11. The fourth-order valence-electron chi connectivity index (χ4n) is 2.81. The van der Waals surface area contributed by atoms with E-state index in [4.69, 9.17) is 0 Å². The van der Waals surface area contributed by atoms with Crippen molar-refractivity contribution in [3.63, 3.8) is 0 Å². The van der Waals surface area contributed by atoms with Crippen molar-refractivity contribution in [1.29, 1.82) is 0 Å². The molecule has 0 amide bonds. The summed E-state index contributed by atoms with van der Waals surface area (Å²) in [7, 11) is 0. The minimum atomic E-state index is 0.657. The normalized spacial score (nSPS) is 20.6. The summed E-state index contributed by atoms with van der Waals surface area (Å²) in [6.45, 7) is 8.36. The van der Waals surface area contributed by atoms with E-state index in [1.807, 2.05) is 0 Å². The van der Waals surface area contributed by atoms with Gasteiger partial charge in [0.2, 0.25) is 0 Å². The van der Waals surface area contributed by atoms with Gasteiger partial charge >= 0.3 is 0 Å². The molecule has 1 heterocycles. The third-order valence-corrected chi connectivity index (χ3v) is 4.20. The Hall–Kier alpha value is -0.820. The van der Waals surface area contributed by atoms with E-state index in [9.17, 15) is 0 Å². The largest absolute Gasteiger partial charge is 0.298 e. The summed E-state index contributed by atoms with van der Waals surface area (Å²) in [5, 5.41) is 0. The van der Waals surface area contributed by atoms with Gasteiger partial charge < -0.3 is 0 Å². The van der Waals surface area contributed by atoms with E-state index < -0.39 is 0 Å². The summed E-state index contributed by atoms with van der Waals surface area (Å²) in [4.78, 5) is 2.65. The molecule has 1 nitrogen and oxygen atoms in total. The van der Waals surface area contributed by atoms with E-state index >= 15 is 0 Å². The quantitative estimate of drug-likeness (QED) is 0.766. The lowest BCUT2D eigenvalue weighted by Crippen LogP contribution is -2.32. The molecule has 2 aliphatic rings. The number of fused-ring (bicyclic) bond motifs is 1. The first-order valence-electron chi connectivity index (χ1n) is 7.06. The highest BCUT2D eigenvalue weighted by molar-refractivity contribution is 5.35. The molecular formula is C16H23N. The smallest absolute Gasteiger partial charge is 0.0236 e. The predicted octanol–water partition coefficient (Wildman–Crippen LogP) is 3.58. The lowest BCUT2D eigenvalue weighted by atomic mass is 9.93. The molecule has 1 aliphatic heterocycles. The van der Waals surface area contributed by atoms with E-state index in [2.05, 4.69) is 36.9 Å². The van der Waals surface area contributed by atoms with Gasteiger partial charge in [0.15, 0.2) is 0 Å². The Labute approximate surface area is 105 Å². The van der Waals surface area contributed by atoms with Crippen LogP contribution in [0, 0.1) is 5.92 Å². The maximum Gasteiger partial charge on any atom is 0.0236 e. The third-order valence-electron chi connectivity index (χ3n) is 4.20. The van der Waals surface area contributed by atoms with Gasteiger partial charge in [-0.2, -0.15) is 0 Å². The first kappa shape index (κ1) is 11.3. The Morgan fingerprint density at radius 3 is 2.76 bits per heavy atom. The molecule has 17 heavy (non-hydrogen) atoms. The Morgan fingerprint density at radius 1 is 1.24 bits per heavy atom. The topological polar surface area (TPSA) is 3.24 Å². The van der Waals surface area contributed by atoms with Crippen LogP contribution in [0.15, 0.2) is 18.2 Å². The van der Waals surface area contributed by atoms with E-state index in [1.54, 1.807) is 11.1 Å². The summed E-state index contributed by atoms with van der Waals surface area (Å²) in [5.41, 5.74) is 4.67. The molecule has 1 aliphatic carbocycles. The van der Waals surface area contributed by atoms with Crippen LogP contribution in [0.1, 0.15) is 49.3 Å². The number of hydrogen-bond acceptors (Lipinski definition) is 1. The highest BCUT2D eigenvalue weighted by Gasteiger charge is 2.26. The van der Waals surface area contributed by atoms with Crippen LogP contribution in [0.5, 0.6) is 0 Å². The molecule has 1 aromatic carbocycles. The number of benzene rings is 1. The van der Waals surface area contributed by atoms with Gasteiger partial charge in [-0.1, -0.05) is 32.0 Å². The molecule has 0 aromatic heterocycles. The molecule has 1 heteroatoms. The van der Waals surface area contributed by atoms with Crippen LogP contribution in [0.4, 0.5) is 0 Å². The van der Waals surface area contributed by atoms with Crippen LogP contribution in [0.3, 0.4) is 0 Å². The maximum absolute atomic E-state index is 2.65. The van der Waals surface area contributed by atoms with Crippen LogP contribution in [-0.2, 0) is 13.0 Å². The summed E-state index contributed by atoms with van der Waals surface area (Å²) >= 11 is 0. The fraction of sp³-hybridized carbons (Fsp3) is 0.625. The third kappa shape index (κ3) is 2.55. The van der Waals surface area contributed by atoms with E-state index in [1.165, 1.54) is 44.5 Å². The first-order valence-corrected chi connectivity index (χ1v) is 7.06. The number of hydrogen-bond donors (Lipinski definition) is 0. The zero-order valence-corrected chi connectivity index (χ0v) is 11.1. The van der Waals surface area contributed by atoms with Crippen molar-refractivity contribution in [2.45, 2.75) is 45.6 Å². The van der Waals surface area contributed by atoms with Gasteiger partial charge in [-0.15, -0.1) is 0 Å². The van der Waals surface area contributed by atoms with Gasteiger partial charge in [-0.05, 0) is 47.8 Å². The van der Waals surface area contributed by atoms with Crippen LogP contribution >= 0.6 is 0 Å². The Balaban J connectivity index is 1.73. The number of rotatable bonds is 3. The van der Waals surface area contributed by atoms with Crippen molar-refractivity contribution in [1.82, 2.24) is 4.90 Å². The SMILES string of the molecule is CC(C)c1ccc2c(c1)CCN(CC1CC1)C2. The van der Waals surface area contributed by atoms with Gasteiger partial charge in [0.1, 0.15) is 0 Å². The monoisotopic (exact) mass is 229 g/mol. The molecule has 1 saturated carbocycles. The van der Waals surface area contributed by atoms with Crippen LogP contribution in [0.25, 0.3) is 0 Å². The van der Waals surface area contributed by atoms with Gasteiger partial charge in [-0.25, -0.2) is 0 Å². The molecule has 1 fully saturated rings. The maximum atomic E-state index is 2.65. The highest BCUT2D eigenvalue weighted by Crippen LogP contribution is 2.32. The van der Waals surface area contributed by atoms with Crippen LogP contribution in [0.2, 0.25) is 0 Å². The summed E-state index contributed by atoms with van der Waals surface area (Å²) in [6.07, 6.45) is 4.19. The molecule has 0 atom stereocenters. The van der Waals surface area contributed by atoms with E-state index in [-0.39, 0.29) is 0 Å². The van der Waals surface area contributed by atoms with Crippen molar-refractivity contribution in [2.75, 3.05) is 13.1 Å². The molecule has 92 valence electrons. The molecule has 0 unspecified atom stereocenters. The van der Waals surface area contributed by atoms with Gasteiger partial charge in [-0.3, -0.25) is 4.90 Å². The van der Waals surface area contributed by atoms with E-state index in [0.29, 0.717) is 5.92 Å². The van der Waals surface area contributed by atoms with Crippen molar-refractivity contribution in [3.8, 4) is 0 Å². The lowest BCUT2D eigenvalue weighted by molar-refractivity contribution is 0.244. The van der Waals surface area contributed by atoms with Crippen molar-refractivity contribution in [2.24, 2.45) is 5.92 Å². The molecule has 0 N–H and O–H groups in total. The minimum Gasteiger partial charge on any atom is -0.298 e. The standard InChI is InChI=1S/C16H23N/c1-12(2)14-5-6-16-11-17(10-13-3-4-13)8-7-15(16)9-14/h5-6,9,12-13H,3-4,7-8,10-11H2,1-2H3. The van der Waals surface area contributed by atoms with Gasteiger partial charge in [0, 0.05) is 19.6 Å². The van der Waals surface area contributed by atoms with Crippen LogP contribution in [-0.4, -0.2) is 18.0 Å². The predicted molar refractivity (Wildman–Crippen MR) is 72.2 cm³/mol. The number of nitrogens with zero attached hydrogens (tertiary/aromatic N) is 1. The molecule has 0 saturated heterocycles. The average molecular weight is 229 g/mol.